The van der Waals surface area contributed by atoms with Crippen LogP contribution in [0.3, 0.4) is 0 Å². The fourth-order valence-electron chi connectivity index (χ4n) is 1.81. The second kappa shape index (κ2) is 6.81. The molecule has 2 aromatic rings. The van der Waals surface area contributed by atoms with Crippen LogP contribution in [0.2, 0.25) is 0 Å². The second-order valence-electron chi connectivity index (χ2n) is 4.48. The van der Waals surface area contributed by atoms with Gasteiger partial charge in [-0.3, -0.25) is 0 Å². The van der Waals surface area contributed by atoms with Gasteiger partial charge in [-0.25, -0.2) is 9.37 Å². The molecule has 3 nitrogen and oxygen atoms in total. The first kappa shape index (κ1) is 14.9. The van der Waals surface area contributed by atoms with Crippen molar-refractivity contribution in [3.05, 3.63) is 57.9 Å². The third-order valence-electron chi connectivity index (χ3n) is 3.06. The Balaban J connectivity index is 1.96. The molecule has 1 N–H and O–H groups in total. The van der Waals surface area contributed by atoms with Crippen LogP contribution in [0.1, 0.15) is 24.1 Å². The number of nitrogens with one attached hydrogen (secondary N) is 1. The second-order valence-corrected chi connectivity index (χ2v) is 5.34. The van der Waals surface area contributed by atoms with Crippen molar-refractivity contribution in [2.75, 3.05) is 7.11 Å². The molecule has 1 unspecified atom stereocenters. The highest BCUT2D eigenvalue weighted by molar-refractivity contribution is 9.10. The normalized spacial score (nSPS) is 12.2. The fourth-order valence-corrected chi connectivity index (χ4v) is 2.20. The summed E-state index contributed by atoms with van der Waals surface area (Å²) in [5, 5.41) is 3.38. The first-order valence-electron chi connectivity index (χ1n) is 6.27. The van der Waals surface area contributed by atoms with Gasteiger partial charge in [0, 0.05) is 24.8 Å². The van der Waals surface area contributed by atoms with Crippen molar-refractivity contribution in [2.24, 2.45) is 0 Å². The third-order valence-corrected chi connectivity index (χ3v) is 3.67. The summed E-state index contributed by atoms with van der Waals surface area (Å²) in [7, 11) is 1.59. The molecule has 0 aliphatic carbocycles. The van der Waals surface area contributed by atoms with E-state index < -0.39 is 0 Å². The van der Waals surface area contributed by atoms with Crippen molar-refractivity contribution in [2.45, 2.75) is 19.5 Å². The van der Waals surface area contributed by atoms with Crippen LogP contribution in [0.4, 0.5) is 4.39 Å². The SMILES string of the molecule is COc1ccc(CNC(C)c2ccc(F)c(Br)c2)cn1. The summed E-state index contributed by atoms with van der Waals surface area (Å²) in [6, 6.07) is 8.95. The number of ether oxygens (including phenoxy) is 1. The highest BCUT2D eigenvalue weighted by Crippen LogP contribution is 2.21. The van der Waals surface area contributed by atoms with Crippen molar-refractivity contribution in [3.63, 3.8) is 0 Å². The summed E-state index contributed by atoms with van der Waals surface area (Å²) in [5.41, 5.74) is 2.10. The molecule has 106 valence electrons. The number of halogens is 2. The Morgan fingerprint density at radius 2 is 2.15 bits per heavy atom. The Morgan fingerprint density at radius 3 is 2.75 bits per heavy atom. The van der Waals surface area contributed by atoms with Crippen LogP contribution in [0.5, 0.6) is 5.88 Å². The number of methoxy groups -OCH3 is 1. The van der Waals surface area contributed by atoms with Crippen LogP contribution in [0.15, 0.2) is 41.0 Å². The maximum atomic E-state index is 13.2. The standard InChI is InChI=1S/C15H16BrFN2O/c1-10(12-4-5-14(17)13(16)7-12)18-8-11-3-6-15(20-2)19-9-11/h3-7,9-10,18H,8H2,1-2H3. The molecular formula is C15H16BrFN2O. The maximum absolute atomic E-state index is 13.2. The van der Waals surface area contributed by atoms with E-state index in [1.807, 2.05) is 19.1 Å². The Bertz CT molecular complexity index is 575. The summed E-state index contributed by atoms with van der Waals surface area (Å²) >= 11 is 3.20. The molecule has 0 saturated heterocycles. The zero-order valence-corrected chi connectivity index (χ0v) is 12.9. The van der Waals surface area contributed by atoms with E-state index in [-0.39, 0.29) is 11.9 Å². The van der Waals surface area contributed by atoms with E-state index in [4.69, 9.17) is 4.74 Å². The summed E-state index contributed by atoms with van der Waals surface area (Å²) in [6.07, 6.45) is 1.78. The topological polar surface area (TPSA) is 34.1 Å². The fraction of sp³-hybridized carbons (Fsp3) is 0.267. The molecule has 0 aliphatic rings. The highest BCUT2D eigenvalue weighted by Gasteiger charge is 2.08. The van der Waals surface area contributed by atoms with Gasteiger partial charge in [0.25, 0.3) is 0 Å². The summed E-state index contributed by atoms with van der Waals surface area (Å²) < 4.78 is 18.7. The van der Waals surface area contributed by atoms with Crippen LogP contribution in [-0.4, -0.2) is 12.1 Å². The molecule has 0 bridgehead atoms. The summed E-state index contributed by atoms with van der Waals surface area (Å²) in [6.45, 7) is 2.73. The average molecular weight is 339 g/mol. The molecule has 1 heterocycles. The molecule has 1 aromatic heterocycles. The smallest absolute Gasteiger partial charge is 0.212 e. The van der Waals surface area contributed by atoms with Gasteiger partial charge in [-0.15, -0.1) is 0 Å². The number of nitrogens with zero attached hydrogens (tertiary/aromatic N) is 1. The predicted molar refractivity (Wildman–Crippen MR) is 80.1 cm³/mol. The zero-order chi connectivity index (χ0) is 14.5. The Hall–Kier alpha value is -1.46. The van der Waals surface area contributed by atoms with Crippen LogP contribution < -0.4 is 10.1 Å². The van der Waals surface area contributed by atoms with Gasteiger partial charge >= 0.3 is 0 Å². The molecule has 0 fully saturated rings. The van der Waals surface area contributed by atoms with E-state index in [9.17, 15) is 4.39 Å². The lowest BCUT2D eigenvalue weighted by atomic mass is 10.1. The van der Waals surface area contributed by atoms with Gasteiger partial charge in [0.2, 0.25) is 5.88 Å². The minimum Gasteiger partial charge on any atom is -0.481 e. The van der Waals surface area contributed by atoms with Crippen molar-refractivity contribution >= 4 is 15.9 Å². The highest BCUT2D eigenvalue weighted by atomic mass is 79.9. The number of benzene rings is 1. The van der Waals surface area contributed by atoms with Gasteiger partial charge in [-0.2, -0.15) is 0 Å². The van der Waals surface area contributed by atoms with E-state index >= 15 is 0 Å². The number of rotatable bonds is 5. The largest absolute Gasteiger partial charge is 0.481 e. The number of pyridine rings is 1. The minimum absolute atomic E-state index is 0.119. The van der Waals surface area contributed by atoms with E-state index in [0.717, 1.165) is 11.1 Å². The molecule has 0 radical (unpaired) electrons. The van der Waals surface area contributed by atoms with Crippen LogP contribution in [-0.2, 0) is 6.54 Å². The molecule has 0 aliphatic heterocycles. The van der Waals surface area contributed by atoms with E-state index in [1.54, 1.807) is 25.4 Å². The molecule has 1 aromatic carbocycles. The third kappa shape index (κ3) is 3.77. The van der Waals surface area contributed by atoms with Crippen LogP contribution in [0, 0.1) is 5.82 Å². The lowest BCUT2D eigenvalue weighted by Gasteiger charge is -2.15. The van der Waals surface area contributed by atoms with Crippen molar-refractivity contribution in [3.8, 4) is 5.88 Å². The first-order chi connectivity index (χ1) is 9.60. The van der Waals surface area contributed by atoms with Crippen LogP contribution in [0.25, 0.3) is 0 Å². The molecule has 20 heavy (non-hydrogen) atoms. The minimum atomic E-state index is -0.250. The van der Waals surface area contributed by atoms with E-state index in [0.29, 0.717) is 16.9 Å². The number of hydrogen-bond donors (Lipinski definition) is 1. The van der Waals surface area contributed by atoms with Gasteiger partial charge in [-0.05, 0) is 46.1 Å². The summed E-state index contributed by atoms with van der Waals surface area (Å²) in [5.74, 6) is 0.351. The number of hydrogen-bond acceptors (Lipinski definition) is 3. The summed E-state index contributed by atoms with van der Waals surface area (Å²) in [4.78, 5) is 4.15. The molecule has 0 amide bonds. The lowest BCUT2D eigenvalue weighted by Crippen LogP contribution is -2.18. The molecule has 1 atom stereocenters. The quantitative estimate of drug-likeness (QED) is 0.899. The average Bonchev–Trinajstić information content (AvgIpc) is 2.48. The molecule has 2 rings (SSSR count). The lowest BCUT2D eigenvalue weighted by molar-refractivity contribution is 0.397. The van der Waals surface area contributed by atoms with Gasteiger partial charge in [0.15, 0.2) is 0 Å². The van der Waals surface area contributed by atoms with Crippen molar-refractivity contribution in [1.82, 2.24) is 10.3 Å². The van der Waals surface area contributed by atoms with Crippen molar-refractivity contribution in [1.29, 1.82) is 0 Å². The van der Waals surface area contributed by atoms with Gasteiger partial charge in [0.1, 0.15) is 5.82 Å². The van der Waals surface area contributed by atoms with Gasteiger partial charge < -0.3 is 10.1 Å². The molecule has 0 saturated carbocycles. The zero-order valence-electron chi connectivity index (χ0n) is 11.4. The first-order valence-corrected chi connectivity index (χ1v) is 7.06. The van der Waals surface area contributed by atoms with Gasteiger partial charge in [0.05, 0.1) is 11.6 Å². The molecule has 5 heteroatoms. The van der Waals surface area contributed by atoms with Crippen molar-refractivity contribution < 1.29 is 9.13 Å². The van der Waals surface area contributed by atoms with Crippen LogP contribution >= 0.6 is 15.9 Å². The van der Waals surface area contributed by atoms with Gasteiger partial charge in [-0.1, -0.05) is 12.1 Å². The predicted octanol–water partition coefficient (Wildman–Crippen LogP) is 3.84. The Kier molecular flexibility index (Phi) is 5.09. The van der Waals surface area contributed by atoms with E-state index in [1.165, 1.54) is 6.07 Å². The maximum Gasteiger partial charge on any atom is 0.212 e. The Morgan fingerprint density at radius 1 is 1.35 bits per heavy atom. The van der Waals surface area contributed by atoms with E-state index in [2.05, 4.69) is 26.2 Å². The molecular weight excluding hydrogens is 323 g/mol. The number of aromatic nitrogens is 1. The monoisotopic (exact) mass is 338 g/mol. The molecule has 0 spiro atoms. The Labute approximate surface area is 126 Å².